The van der Waals surface area contributed by atoms with Crippen molar-refractivity contribution in [1.29, 1.82) is 0 Å². The van der Waals surface area contributed by atoms with Crippen molar-refractivity contribution < 1.29 is 9.90 Å². The Morgan fingerprint density at radius 3 is 2.84 bits per heavy atom. The Kier molecular flexibility index (Phi) is 7.09. The fraction of sp³-hybridized carbons (Fsp3) is 0.400. The SMILES string of the molecule is CSCCC(=O)N(C)Cc1ccccc1C#CCO. The molecule has 1 rings (SSSR count). The van der Waals surface area contributed by atoms with Crippen molar-refractivity contribution in [3.05, 3.63) is 35.4 Å². The van der Waals surface area contributed by atoms with Gasteiger partial charge in [-0.1, -0.05) is 30.0 Å². The minimum absolute atomic E-state index is 0.138. The van der Waals surface area contributed by atoms with E-state index in [1.165, 1.54) is 0 Å². The van der Waals surface area contributed by atoms with E-state index in [2.05, 4.69) is 11.8 Å². The van der Waals surface area contributed by atoms with E-state index in [0.29, 0.717) is 13.0 Å². The normalized spacial score (nSPS) is 9.63. The third-order valence-electron chi connectivity index (χ3n) is 2.67. The van der Waals surface area contributed by atoms with Gasteiger partial charge in [0.2, 0.25) is 5.91 Å². The Bertz CT molecular complexity index is 477. The van der Waals surface area contributed by atoms with E-state index in [9.17, 15) is 4.79 Å². The minimum atomic E-state index is -0.156. The highest BCUT2D eigenvalue weighted by Gasteiger charge is 2.10. The molecular formula is C15H19NO2S. The van der Waals surface area contributed by atoms with Crippen LogP contribution < -0.4 is 0 Å². The number of aliphatic hydroxyl groups excluding tert-OH is 1. The molecule has 0 bridgehead atoms. The van der Waals surface area contributed by atoms with E-state index in [-0.39, 0.29) is 12.5 Å². The second kappa shape index (κ2) is 8.63. The molecular weight excluding hydrogens is 258 g/mol. The lowest BCUT2D eigenvalue weighted by molar-refractivity contribution is -0.129. The van der Waals surface area contributed by atoms with Crippen molar-refractivity contribution in [1.82, 2.24) is 4.90 Å². The van der Waals surface area contributed by atoms with Gasteiger partial charge >= 0.3 is 0 Å². The predicted molar refractivity (Wildman–Crippen MR) is 79.9 cm³/mol. The first-order chi connectivity index (χ1) is 9.19. The number of aliphatic hydroxyl groups is 1. The van der Waals surface area contributed by atoms with Crippen LogP contribution >= 0.6 is 11.8 Å². The molecule has 102 valence electrons. The van der Waals surface area contributed by atoms with Crippen molar-refractivity contribution in [2.75, 3.05) is 25.7 Å². The van der Waals surface area contributed by atoms with Crippen LogP contribution in [0.2, 0.25) is 0 Å². The molecule has 0 unspecified atom stereocenters. The highest BCUT2D eigenvalue weighted by atomic mass is 32.2. The van der Waals surface area contributed by atoms with Crippen molar-refractivity contribution in [2.45, 2.75) is 13.0 Å². The van der Waals surface area contributed by atoms with Gasteiger partial charge in [-0.05, 0) is 17.9 Å². The molecule has 19 heavy (non-hydrogen) atoms. The van der Waals surface area contributed by atoms with E-state index < -0.39 is 0 Å². The molecule has 1 aromatic carbocycles. The van der Waals surface area contributed by atoms with Crippen LogP contribution in [0.25, 0.3) is 0 Å². The molecule has 0 aliphatic heterocycles. The van der Waals surface area contributed by atoms with Gasteiger partial charge in [-0.2, -0.15) is 11.8 Å². The quantitative estimate of drug-likeness (QED) is 0.834. The van der Waals surface area contributed by atoms with E-state index in [0.717, 1.165) is 16.9 Å². The van der Waals surface area contributed by atoms with Crippen molar-refractivity contribution in [3.63, 3.8) is 0 Å². The summed E-state index contributed by atoms with van der Waals surface area (Å²) in [6.07, 6.45) is 2.55. The van der Waals surface area contributed by atoms with Crippen LogP contribution in [0.5, 0.6) is 0 Å². The molecule has 0 heterocycles. The molecule has 1 aromatic rings. The molecule has 0 atom stereocenters. The summed E-state index contributed by atoms with van der Waals surface area (Å²) in [6, 6.07) is 7.69. The van der Waals surface area contributed by atoms with Gasteiger partial charge < -0.3 is 10.0 Å². The first-order valence-electron chi connectivity index (χ1n) is 6.09. The molecule has 0 spiro atoms. The van der Waals surface area contributed by atoms with Gasteiger partial charge in [0.05, 0.1) is 0 Å². The Labute approximate surface area is 119 Å². The lowest BCUT2D eigenvalue weighted by Gasteiger charge is -2.18. The Morgan fingerprint density at radius 2 is 2.16 bits per heavy atom. The van der Waals surface area contributed by atoms with Gasteiger partial charge in [-0.3, -0.25) is 4.79 Å². The number of hydrogen-bond donors (Lipinski definition) is 1. The maximum atomic E-state index is 11.9. The largest absolute Gasteiger partial charge is 0.384 e. The van der Waals surface area contributed by atoms with E-state index in [1.54, 1.807) is 23.7 Å². The predicted octanol–water partition coefficient (Wildman–Crippen LogP) is 1.74. The molecule has 0 aromatic heterocycles. The summed E-state index contributed by atoms with van der Waals surface area (Å²) in [5.41, 5.74) is 1.87. The van der Waals surface area contributed by atoms with E-state index in [4.69, 9.17) is 5.11 Å². The summed E-state index contributed by atoms with van der Waals surface area (Å²) in [6.45, 7) is 0.389. The number of carbonyl (C=O) groups excluding carboxylic acids is 1. The van der Waals surface area contributed by atoms with Gasteiger partial charge in [0.25, 0.3) is 0 Å². The lowest BCUT2D eigenvalue weighted by Crippen LogP contribution is -2.26. The van der Waals surface area contributed by atoms with Crippen LogP contribution in [0.15, 0.2) is 24.3 Å². The molecule has 1 amide bonds. The number of amides is 1. The standard InChI is InChI=1S/C15H19NO2S/c1-16(15(18)9-11-19-2)12-14-7-4-3-6-13(14)8-5-10-17/h3-4,6-7,17H,9-12H2,1-2H3. The minimum Gasteiger partial charge on any atom is -0.384 e. The summed E-state index contributed by atoms with van der Waals surface area (Å²) in [5.74, 6) is 6.53. The van der Waals surface area contributed by atoms with Crippen LogP contribution in [0.4, 0.5) is 0 Å². The number of rotatable bonds is 5. The summed E-state index contributed by atoms with van der Waals surface area (Å²) >= 11 is 1.67. The average Bonchev–Trinajstić information content (AvgIpc) is 2.43. The molecule has 0 saturated carbocycles. The molecule has 4 heteroatoms. The van der Waals surface area contributed by atoms with Gasteiger partial charge in [0.1, 0.15) is 6.61 Å². The molecule has 0 aliphatic carbocycles. The highest BCUT2D eigenvalue weighted by Crippen LogP contribution is 2.11. The summed E-state index contributed by atoms with van der Waals surface area (Å²) in [7, 11) is 1.80. The zero-order valence-corrected chi connectivity index (χ0v) is 12.2. The summed E-state index contributed by atoms with van der Waals surface area (Å²) in [4.78, 5) is 13.6. The summed E-state index contributed by atoms with van der Waals surface area (Å²) in [5, 5.41) is 8.75. The zero-order chi connectivity index (χ0) is 14.1. The Morgan fingerprint density at radius 1 is 1.42 bits per heavy atom. The lowest BCUT2D eigenvalue weighted by atomic mass is 10.1. The van der Waals surface area contributed by atoms with E-state index >= 15 is 0 Å². The second-order valence-corrected chi connectivity index (χ2v) is 5.10. The highest BCUT2D eigenvalue weighted by molar-refractivity contribution is 7.98. The molecule has 1 N–H and O–H groups in total. The molecule has 3 nitrogen and oxygen atoms in total. The Balaban J connectivity index is 2.73. The Hall–Kier alpha value is -1.44. The summed E-state index contributed by atoms with van der Waals surface area (Å²) < 4.78 is 0. The molecule has 0 aliphatic rings. The monoisotopic (exact) mass is 277 g/mol. The van der Waals surface area contributed by atoms with Crippen LogP contribution in [-0.4, -0.2) is 41.6 Å². The fourth-order valence-corrected chi connectivity index (χ4v) is 2.02. The number of thioether (sulfide) groups is 1. The van der Waals surface area contributed by atoms with Gasteiger partial charge in [-0.15, -0.1) is 0 Å². The number of nitrogens with zero attached hydrogens (tertiary/aromatic N) is 1. The van der Waals surface area contributed by atoms with Crippen molar-refractivity contribution in [3.8, 4) is 11.8 Å². The molecule has 0 radical (unpaired) electrons. The van der Waals surface area contributed by atoms with Crippen LogP contribution in [0.1, 0.15) is 17.5 Å². The number of hydrogen-bond acceptors (Lipinski definition) is 3. The van der Waals surface area contributed by atoms with Crippen LogP contribution in [0, 0.1) is 11.8 Å². The van der Waals surface area contributed by atoms with Crippen LogP contribution in [-0.2, 0) is 11.3 Å². The fourth-order valence-electron chi connectivity index (χ4n) is 1.64. The third-order valence-corrected chi connectivity index (χ3v) is 3.29. The van der Waals surface area contributed by atoms with Gasteiger partial charge in [0, 0.05) is 31.3 Å². The zero-order valence-electron chi connectivity index (χ0n) is 11.3. The molecule has 0 fully saturated rings. The topological polar surface area (TPSA) is 40.5 Å². The van der Waals surface area contributed by atoms with Crippen LogP contribution in [0.3, 0.4) is 0 Å². The van der Waals surface area contributed by atoms with Crippen molar-refractivity contribution >= 4 is 17.7 Å². The van der Waals surface area contributed by atoms with Crippen molar-refractivity contribution in [2.24, 2.45) is 0 Å². The molecule has 0 saturated heterocycles. The average molecular weight is 277 g/mol. The van der Waals surface area contributed by atoms with Gasteiger partial charge in [-0.25, -0.2) is 0 Å². The maximum absolute atomic E-state index is 11.9. The second-order valence-electron chi connectivity index (χ2n) is 4.11. The maximum Gasteiger partial charge on any atom is 0.223 e. The first kappa shape index (κ1) is 15.6. The van der Waals surface area contributed by atoms with Gasteiger partial charge in [0.15, 0.2) is 0 Å². The smallest absolute Gasteiger partial charge is 0.223 e. The number of carbonyl (C=O) groups is 1. The number of benzene rings is 1. The first-order valence-corrected chi connectivity index (χ1v) is 7.49. The third kappa shape index (κ3) is 5.37. The van der Waals surface area contributed by atoms with E-state index in [1.807, 2.05) is 30.5 Å².